The van der Waals surface area contributed by atoms with Crippen LogP contribution in [0.25, 0.3) is 10.8 Å². The minimum Gasteiger partial charge on any atom is -0.753 e. The Morgan fingerprint density at radius 3 is 1.14 bits per heavy atom. The van der Waals surface area contributed by atoms with Gasteiger partial charge in [0.1, 0.15) is 0 Å². The molecule has 0 aromatic carbocycles. The van der Waals surface area contributed by atoms with E-state index in [1.54, 1.807) is 0 Å². The molecular weight excluding hydrogens is 367 g/mol. The van der Waals surface area contributed by atoms with Crippen molar-refractivity contribution in [2.75, 3.05) is 0 Å². The molecule has 0 spiro atoms. The molecule has 10 heteroatoms. The zero-order chi connectivity index (χ0) is 16.0. The smallest absolute Gasteiger partial charge is 0.753 e. The van der Waals surface area contributed by atoms with Gasteiger partial charge in [-0.15, -0.1) is 0 Å². The van der Waals surface area contributed by atoms with Gasteiger partial charge in [-0.25, -0.2) is 0 Å². The van der Waals surface area contributed by atoms with Crippen LogP contribution in [0.15, 0.2) is 12.1 Å². The summed E-state index contributed by atoms with van der Waals surface area (Å²) in [6.45, 7) is 7.90. The van der Waals surface area contributed by atoms with E-state index in [4.69, 9.17) is 10.8 Å². The summed E-state index contributed by atoms with van der Waals surface area (Å²) in [6, 6.07) is 4.00. The van der Waals surface area contributed by atoms with Crippen molar-refractivity contribution >= 4 is 34.8 Å². The average molecular weight is 385 g/mol. The summed E-state index contributed by atoms with van der Waals surface area (Å²) < 4.78 is 0. The van der Waals surface area contributed by atoms with Crippen molar-refractivity contribution in [2.45, 2.75) is 27.7 Å². The van der Waals surface area contributed by atoms with Crippen LogP contribution in [-0.2, 0) is 16.8 Å². The van der Waals surface area contributed by atoms with Crippen LogP contribution in [-0.4, -0.2) is 36.2 Å². The first-order chi connectivity index (χ1) is 9.40. The van der Waals surface area contributed by atoms with Crippen LogP contribution in [0.3, 0.4) is 0 Å². The minimum absolute atomic E-state index is 0. The van der Waals surface area contributed by atoms with Gasteiger partial charge in [0.25, 0.3) is 0 Å². The largest absolute Gasteiger partial charge is 2.00 e. The molecule has 1 radical (unpaired) electrons. The van der Waals surface area contributed by atoms with Crippen molar-refractivity contribution in [1.29, 1.82) is 0 Å². The van der Waals surface area contributed by atoms with Gasteiger partial charge in [0, 0.05) is 11.4 Å². The number of H-pyrrole nitrogens is 2. The molecule has 0 fully saturated rings. The van der Waals surface area contributed by atoms with E-state index in [0.29, 0.717) is 0 Å². The zero-order valence-electron chi connectivity index (χ0n) is 12.6. The second-order valence-electron chi connectivity index (χ2n) is 3.57. The number of aromatic amines is 2. The number of hydrogen-bond acceptors (Lipinski definition) is 4. The fourth-order valence-corrected chi connectivity index (χ4v) is 1.11. The number of hydrogen-bond donors (Lipinski definition) is 2. The molecular formula is C12H18CoN6OS2. The minimum atomic E-state index is 0. The van der Waals surface area contributed by atoms with Gasteiger partial charge in [0.2, 0.25) is 0 Å². The first-order valence-electron chi connectivity index (χ1n) is 5.40. The molecule has 123 valence electrons. The van der Waals surface area contributed by atoms with Gasteiger partial charge in [0.05, 0.1) is 11.4 Å². The molecule has 0 aliphatic rings. The predicted molar refractivity (Wildman–Crippen MR) is 91.7 cm³/mol. The van der Waals surface area contributed by atoms with Gasteiger partial charge in [-0.1, -0.05) is 24.4 Å². The van der Waals surface area contributed by atoms with Crippen LogP contribution < -0.4 is 0 Å². The van der Waals surface area contributed by atoms with Crippen molar-refractivity contribution in [3.8, 4) is 0 Å². The van der Waals surface area contributed by atoms with Gasteiger partial charge >= 0.3 is 16.8 Å². The van der Waals surface area contributed by atoms with E-state index < -0.39 is 0 Å². The zero-order valence-corrected chi connectivity index (χ0v) is 15.3. The molecule has 4 N–H and O–H groups in total. The van der Waals surface area contributed by atoms with E-state index in [1.165, 1.54) is 10.3 Å². The Labute approximate surface area is 150 Å². The summed E-state index contributed by atoms with van der Waals surface area (Å²) in [5, 5.41) is 30.4. The van der Waals surface area contributed by atoms with Crippen LogP contribution in [0.5, 0.6) is 0 Å². The summed E-state index contributed by atoms with van der Waals surface area (Å²) in [5.74, 6) is 0. The SMILES string of the molecule is Cc1cc(C)[nH]n1.Cc1cc(C)[nH]n1.O.[Co+2].[N-]=C=S.[N-]=C=S. The molecule has 2 rings (SSSR count). The quantitative estimate of drug-likeness (QED) is 0.532. The Kier molecular flexibility index (Phi) is 25.4. The van der Waals surface area contributed by atoms with Gasteiger partial charge < -0.3 is 16.3 Å². The number of nitrogens with zero attached hydrogens (tertiary/aromatic N) is 4. The fourth-order valence-electron chi connectivity index (χ4n) is 1.11. The van der Waals surface area contributed by atoms with Crippen molar-refractivity contribution in [3.05, 3.63) is 45.7 Å². The molecule has 2 aromatic rings. The van der Waals surface area contributed by atoms with Crippen LogP contribution in [0.4, 0.5) is 0 Å². The number of nitrogens with one attached hydrogen (secondary N) is 2. The molecule has 0 saturated heterocycles. The molecule has 2 aromatic heterocycles. The molecule has 0 amide bonds. The number of thiocarbonyl (C=S) groups is 2. The van der Waals surface area contributed by atoms with E-state index in [-0.39, 0.29) is 22.3 Å². The first-order valence-corrected chi connectivity index (χ1v) is 6.22. The van der Waals surface area contributed by atoms with Gasteiger partial charge in [-0.05, 0) is 39.8 Å². The summed E-state index contributed by atoms with van der Waals surface area (Å²) >= 11 is 7.40. The molecule has 7 nitrogen and oxygen atoms in total. The summed E-state index contributed by atoms with van der Waals surface area (Å²) in [4.78, 5) is 0. The molecule has 0 aliphatic heterocycles. The normalized spacial score (nSPS) is 6.73. The topological polar surface area (TPSA) is 133 Å². The van der Waals surface area contributed by atoms with Crippen LogP contribution in [0.1, 0.15) is 22.8 Å². The molecule has 2 heterocycles. The molecule has 0 saturated carbocycles. The third-order valence-corrected chi connectivity index (χ3v) is 1.67. The van der Waals surface area contributed by atoms with Crippen LogP contribution in [0, 0.1) is 27.7 Å². The number of aryl methyl sites for hydroxylation is 4. The van der Waals surface area contributed by atoms with Crippen molar-refractivity contribution in [3.63, 3.8) is 0 Å². The Morgan fingerprint density at radius 2 is 1.09 bits per heavy atom. The molecule has 0 atom stereocenters. The maximum Gasteiger partial charge on any atom is 2.00 e. The van der Waals surface area contributed by atoms with E-state index in [2.05, 4.69) is 44.8 Å². The number of aromatic nitrogens is 4. The van der Waals surface area contributed by atoms with E-state index in [0.717, 1.165) is 22.8 Å². The van der Waals surface area contributed by atoms with Gasteiger partial charge in [0.15, 0.2) is 0 Å². The van der Waals surface area contributed by atoms with Crippen LogP contribution in [0.2, 0.25) is 0 Å². The fraction of sp³-hybridized carbons (Fsp3) is 0.333. The molecule has 0 aliphatic carbocycles. The monoisotopic (exact) mass is 385 g/mol. The van der Waals surface area contributed by atoms with Crippen LogP contribution >= 0.6 is 24.4 Å². The summed E-state index contributed by atoms with van der Waals surface area (Å²) in [5.41, 5.74) is 4.35. The summed E-state index contributed by atoms with van der Waals surface area (Å²) in [7, 11) is 0. The summed E-state index contributed by atoms with van der Waals surface area (Å²) in [6.07, 6.45) is 0. The molecule has 22 heavy (non-hydrogen) atoms. The Hall–Kier alpha value is -1.51. The molecule has 0 bridgehead atoms. The number of isothiocyanates is 2. The van der Waals surface area contributed by atoms with Gasteiger partial charge in [-0.3, -0.25) is 10.2 Å². The van der Waals surface area contributed by atoms with Crippen molar-refractivity contribution < 1.29 is 22.3 Å². The Balaban J connectivity index is -0.000000103. The Morgan fingerprint density at radius 1 is 0.864 bits per heavy atom. The van der Waals surface area contributed by atoms with E-state index in [9.17, 15) is 0 Å². The van der Waals surface area contributed by atoms with E-state index in [1.807, 2.05) is 39.8 Å². The third-order valence-electron chi connectivity index (χ3n) is 1.67. The predicted octanol–water partition coefficient (Wildman–Crippen LogP) is 2.54. The molecule has 0 unspecified atom stereocenters. The second-order valence-corrected chi connectivity index (χ2v) is 3.93. The first kappa shape index (κ1) is 28.6. The third kappa shape index (κ3) is 20.8. The average Bonchev–Trinajstić information content (AvgIpc) is 2.90. The van der Waals surface area contributed by atoms with Crippen molar-refractivity contribution in [1.82, 2.24) is 20.4 Å². The van der Waals surface area contributed by atoms with E-state index >= 15 is 0 Å². The van der Waals surface area contributed by atoms with Gasteiger partial charge in [-0.2, -0.15) is 20.5 Å². The standard InChI is InChI=1S/2C5H8N2.2CNS.Co.H2O/c2*1-4-3-5(2)7-6-4;2*2-1-3;;/h2*3H,1-2H3,(H,6,7);;;;1H2/q;;2*-1;+2;. The Bertz CT molecular complexity index is 474. The maximum atomic E-state index is 7.13. The number of rotatable bonds is 0. The maximum absolute atomic E-state index is 7.13. The van der Waals surface area contributed by atoms with Crippen molar-refractivity contribution in [2.24, 2.45) is 0 Å². The second kappa shape index (κ2) is 19.5.